The van der Waals surface area contributed by atoms with E-state index in [9.17, 15) is 9.59 Å². The van der Waals surface area contributed by atoms with Gasteiger partial charge in [0.1, 0.15) is 0 Å². The van der Waals surface area contributed by atoms with Crippen molar-refractivity contribution in [2.75, 3.05) is 7.11 Å². The van der Waals surface area contributed by atoms with E-state index in [0.717, 1.165) is 11.1 Å². The van der Waals surface area contributed by atoms with Crippen LogP contribution in [0.4, 0.5) is 0 Å². The van der Waals surface area contributed by atoms with Crippen molar-refractivity contribution in [2.45, 2.75) is 25.3 Å². The van der Waals surface area contributed by atoms with Crippen LogP contribution in [0.5, 0.6) is 0 Å². The number of hydrogen-bond donors (Lipinski definition) is 1. The van der Waals surface area contributed by atoms with Gasteiger partial charge in [-0.05, 0) is 24.0 Å². The molecule has 2 atom stereocenters. The van der Waals surface area contributed by atoms with E-state index in [1.54, 1.807) is 0 Å². The van der Waals surface area contributed by atoms with Gasteiger partial charge in [-0.15, -0.1) is 0 Å². The second-order valence-electron chi connectivity index (χ2n) is 5.88. The molecule has 0 aliphatic rings. The van der Waals surface area contributed by atoms with E-state index in [4.69, 9.17) is 10.5 Å². The Labute approximate surface area is 142 Å². The van der Waals surface area contributed by atoms with Crippen LogP contribution in [0.3, 0.4) is 0 Å². The molecule has 2 rings (SSSR count). The van der Waals surface area contributed by atoms with Crippen molar-refractivity contribution in [3.63, 3.8) is 0 Å². The molecule has 0 fully saturated rings. The lowest BCUT2D eigenvalue weighted by molar-refractivity contribution is -0.147. The van der Waals surface area contributed by atoms with Crippen LogP contribution in [0.1, 0.15) is 17.5 Å². The topological polar surface area (TPSA) is 69.4 Å². The van der Waals surface area contributed by atoms with Gasteiger partial charge in [0.25, 0.3) is 0 Å². The van der Waals surface area contributed by atoms with Crippen molar-refractivity contribution in [3.8, 4) is 0 Å². The number of benzene rings is 2. The second kappa shape index (κ2) is 8.99. The van der Waals surface area contributed by atoms with E-state index in [0.29, 0.717) is 12.8 Å². The van der Waals surface area contributed by atoms with Crippen molar-refractivity contribution in [2.24, 2.45) is 11.7 Å². The lowest BCUT2D eigenvalue weighted by Crippen LogP contribution is -2.35. The van der Waals surface area contributed by atoms with Crippen molar-refractivity contribution in [1.82, 2.24) is 0 Å². The van der Waals surface area contributed by atoms with E-state index in [-0.39, 0.29) is 18.2 Å². The van der Waals surface area contributed by atoms with Crippen molar-refractivity contribution < 1.29 is 14.3 Å². The highest BCUT2D eigenvalue weighted by Crippen LogP contribution is 2.16. The zero-order chi connectivity index (χ0) is 17.4. The molecule has 4 heteroatoms. The summed E-state index contributed by atoms with van der Waals surface area (Å²) in [5.41, 5.74) is 8.04. The Kier molecular flexibility index (Phi) is 6.70. The number of Topliss-reactive ketones (excluding diaryl/α,β-unsaturated/α-hetero) is 1. The van der Waals surface area contributed by atoms with Crippen LogP contribution < -0.4 is 5.73 Å². The molecule has 2 aromatic carbocycles. The molecule has 0 aliphatic carbocycles. The minimum absolute atomic E-state index is 0.0928. The Hall–Kier alpha value is -2.46. The molecule has 2 N–H and O–H groups in total. The fourth-order valence-electron chi connectivity index (χ4n) is 2.68. The number of ketones is 1. The summed E-state index contributed by atoms with van der Waals surface area (Å²) in [5, 5.41) is 0. The SMILES string of the molecule is COC(=O)[C@@H](CC(=O)[C@@H](N)Cc1ccccc1)Cc1ccccc1. The molecule has 0 aliphatic heterocycles. The number of nitrogens with two attached hydrogens (primary N) is 1. The summed E-state index contributed by atoms with van der Waals surface area (Å²) in [6.07, 6.45) is 1.03. The quantitative estimate of drug-likeness (QED) is 0.757. The van der Waals surface area contributed by atoms with Crippen molar-refractivity contribution in [3.05, 3.63) is 71.8 Å². The molecule has 2 aromatic rings. The average molecular weight is 325 g/mol. The Balaban J connectivity index is 2.00. The molecule has 4 nitrogen and oxygen atoms in total. The molecular weight excluding hydrogens is 302 g/mol. The van der Waals surface area contributed by atoms with Crippen LogP contribution in [0, 0.1) is 5.92 Å². The van der Waals surface area contributed by atoms with Crippen LogP contribution in [-0.2, 0) is 27.2 Å². The lowest BCUT2D eigenvalue weighted by Gasteiger charge is -2.17. The van der Waals surface area contributed by atoms with E-state index in [2.05, 4.69) is 0 Å². The van der Waals surface area contributed by atoms with Gasteiger partial charge < -0.3 is 10.5 Å². The highest BCUT2D eigenvalue weighted by molar-refractivity contribution is 5.88. The van der Waals surface area contributed by atoms with Crippen LogP contribution in [0.15, 0.2) is 60.7 Å². The predicted octanol–water partition coefficient (Wildman–Crippen LogP) is 2.55. The van der Waals surface area contributed by atoms with Gasteiger partial charge in [0.2, 0.25) is 0 Å². The number of methoxy groups -OCH3 is 1. The average Bonchev–Trinajstić information content (AvgIpc) is 2.62. The van der Waals surface area contributed by atoms with Gasteiger partial charge in [-0.1, -0.05) is 60.7 Å². The Bertz CT molecular complexity index is 655. The van der Waals surface area contributed by atoms with Gasteiger partial charge in [-0.25, -0.2) is 0 Å². The maximum Gasteiger partial charge on any atom is 0.309 e. The summed E-state index contributed by atoms with van der Waals surface area (Å²) in [4.78, 5) is 24.5. The fraction of sp³-hybridized carbons (Fsp3) is 0.300. The zero-order valence-corrected chi connectivity index (χ0v) is 13.9. The van der Waals surface area contributed by atoms with E-state index >= 15 is 0 Å². The number of carbonyl (C=O) groups excluding carboxylic acids is 2. The Morgan fingerprint density at radius 2 is 1.42 bits per heavy atom. The van der Waals surface area contributed by atoms with Gasteiger partial charge in [0.05, 0.1) is 19.1 Å². The van der Waals surface area contributed by atoms with E-state index < -0.39 is 12.0 Å². The molecule has 0 amide bonds. The maximum atomic E-state index is 12.4. The van der Waals surface area contributed by atoms with Crippen LogP contribution >= 0.6 is 0 Å². The first kappa shape index (κ1) is 17.9. The summed E-state index contributed by atoms with van der Waals surface area (Å²) in [5.74, 6) is -1.00. The predicted molar refractivity (Wildman–Crippen MR) is 93.4 cm³/mol. The first-order valence-electron chi connectivity index (χ1n) is 8.04. The monoisotopic (exact) mass is 325 g/mol. The number of esters is 1. The smallest absolute Gasteiger partial charge is 0.309 e. The van der Waals surface area contributed by atoms with Gasteiger partial charge in [-0.2, -0.15) is 0 Å². The van der Waals surface area contributed by atoms with Crippen molar-refractivity contribution >= 4 is 11.8 Å². The summed E-state index contributed by atoms with van der Waals surface area (Å²) in [7, 11) is 1.34. The number of hydrogen-bond acceptors (Lipinski definition) is 4. The third-order valence-electron chi connectivity index (χ3n) is 4.02. The fourth-order valence-corrected chi connectivity index (χ4v) is 2.68. The number of ether oxygens (including phenoxy) is 1. The first-order valence-corrected chi connectivity index (χ1v) is 8.04. The molecule has 24 heavy (non-hydrogen) atoms. The maximum absolute atomic E-state index is 12.4. The molecule has 0 unspecified atom stereocenters. The number of carbonyl (C=O) groups is 2. The van der Waals surface area contributed by atoms with Gasteiger partial charge in [0.15, 0.2) is 5.78 Å². The largest absolute Gasteiger partial charge is 0.469 e. The van der Waals surface area contributed by atoms with Gasteiger partial charge in [-0.3, -0.25) is 9.59 Å². The summed E-state index contributed by atoms with van der Waals surface area (Å²) < 4.78 is 4.85. The Morgan fingerprint density at radius 1 is 0.917 bits per heavy atom. The third-order valence-corrected chi connectivity index (χ3v) is 4.02. The molecule has 0 radical (unpaired) electrons. The molecule has 0 saturated heterocycles. The zero-order valence-electron chi connectivity index (χ0n) is 13.9. The highest BCUT2D eigenvalue weighted by Gasteiger charge is 2.26. The molecule has 126 valence electrons. The van der Waals surface area contributed by atoms with Crippen LogP contribution in [-0.4, -0.2) is 24.9 Å². The minimum Gasteiger partial charge on any atom is -0.469 e. The van der Waals surface area contributed by atoms with Gasteiger partial charge >= 0.3 is 5.97 Å². The number of rotatable bonds is 8. The normalized spacial score (nSPS) is 13.1. The molecular formula is C20H23NO3. The van der Waals surface area contributed by atoms with E-state index in [1.165, 1.54) is 7.11 Å². The molecule has 0 bridgehead atoms. The second-order valence-corrected chi connectivity index (χ2v) is 5.88. The first-order chi connectivity index (χ1) is 11.6. The summed E-state index contributed by atoms with van der Waals surface area (Å²) in [6, 6.07) is 18.6. The summed E-state index contributed by atoms with van der Waals surface area (Å²) in [6.45, 7) is 0. The molecule has 0 saturated carbocycles. The lowest BCUT2D eigenvalue weighted by atomic mass is 9.91. The highest BCUT2D eigenvalue weighted by atomic mass is 16.5. The molecule has 0 aromatic heterocycles. The van der Waals surface area contributed by atoms with Crippen LogP contribution in [0.25, 0.3) is 0 Å². The minimum atomic E-state index is -0.615. The summed E-state index contributed by atoms with van der Waals surface area (Å²) >= 11 is 0. The van der Waals surface area contributed by atoms with Gasteiger partial charge in [0, 0.05) is 6.42 Å². The van der Waals surface area contributed by atoms with Crippen LogP contribution in [0.2, 0.25) is 0 Å². The Morgan fingerprint density at radius 3 is 1.92 bits per heavy atom. The molecule has 0 heterocycles. The third kappa shape index (κ3) is 5.32. The van der Waals surface area contributed by atoms with E-state index in [1.807, 2.05) is 60.7 Å². The standard InChI is InChI=1S/C20H23NO3/c1-24-20(23)17(12-15-8-4-2-5-9-15)14-19(22)18(21)13-16-10-6-3-7-11-16/h2-11,17-18H,12-14,21H2,1H3/t17-,18+/m1/s1. The van der Waals surface area contributed by atoms with Crippen molar-refractivity contribution in [1.29, 1.82) is 0 Å². The molecule has 0 spiro atoms.